The quantitative estimate of drug-likeness (QED) is 0.932. The minimum absolute atomic E-state index is 0.199. The lowest BCUT2D eigenvalue weighted by Gasteiger charge is -2.27. The average molecular weight is 311 g/mol. The lowest BCUT2D eigenvalue weighted by molar-refractivity contribution is 0.242. The molecule has 2 unspecified atom stereocenters. The van der Waals surface area contributed by atoms with Crippen LogP contribution in [0.15, 0.2) is 12.1 Å². The minimum atomic E-state index is 0.199. The molecule has 0 radical (unpaired) electrons. The summed E-state index contributed by atoms with van der Waals surface area (Å²) in [5.74, 6) is 2.15. The number of nitrogens with zero attached hydrogens (tertiary/aromatic N) is 1. The standard InChI is InChI=1S/C16H23ClN2O2/c1-11-3-4-19(10-11)14(9-18)12-7-13(17)16-15(8-12)20-5-2-6-21-16/h7-8,11,14H,2-6,9-10,18H2,1H3. The van der Waals surface area contributed by atoms with Crippen molar-refractivity contribution < 1.29 is 9.47 Å². The fourth-order valence-electron chi connectivity index (χ4n) is 3.19. The van der Waals surface area contributed by atoms with Gasteiger partial charge in [-0.1, -0.05) is 18.5 Å². The zero-order valence-corrected chi connectivity index (χ0v) is 13.2. The smallest absolute Gasteiger partial charge is 0.179 e. The van der Waals surface area contributed by atoms with Crippen LogP contribution in [0.25, 0.3) is 0 Å². The predicted octanol–water partition coefficient (Wildman–Crippen LogP) is 2.84. The molecule has 0 aliphatic carbocycles. The Labute approximate surface area is 131 Å². The van der Waals surface area contributed by atoms with Crippen LogP contribution in [0.3, 0.4) is 0 Å². The first-order valence-electron chi connectivity index (χ1n) is 7.72. The Morgan fingerprint density at radius 1 is 1.38 bits per heavy atom. The van der Waals surface area contributed by atoms with Gasteiger partial charge in [-0.05, 0) is 36.6 Å². The van der Waals surface area contributed by atoms with E-state index in [1.807, 2.05) is 12.1 Å². The van der Waals surface area contributed by atoms with Crippen molar-refractivity contribution in [3.8, 4) is 11.5 Å². The van der Waals surface area contributed by atoms with Crippen LogP contribution in [-0.2, 0) is 0 Å². The summed E-state index contributed by atoms with van der Waals surface area (Å²) in [6.45, 7) is 6.37. The molecule has 0 spiro atoms. The Morgan fingerprint density at radius 3 is 2.90 bits per heavy atom. The molecule has 21 heavy (non-hydrogen) atoms. The van der Waals surface area contributed by atoms with E-state index >= 15 is 0 Å². The first-order chi connectivity index (χ1) is 10.2. The SMILES string of the molecule is CC1CCN(C(CN)c2cc(Cl)c3c(c2)OCCCO3)C1. The number of halogens is 1. The van der Waals surface area contributed by atoms with Crippen LogP contribution in [0.5, 0.6) is 11.5 Å². The summed E-state index contributed by atoms with van der Waals surface area (Å²) in [5.41, 5.74) is 7.16. The van der Waals surface area contributed by atoms with Crippen molar-refractivity contribution in [3.63, 3.8) is 0 Å². The van der Waals surface area contributed by atoms with Crippen molar-refractivity contribution in [1.82, 2.24) is 4.90 Å². The van der Waals surface area contributed by atoms with Crippen molar-refractivity contribution in [2.45, 2.75) is 25.8 Å². The molecule has 1 saturated heterocycles. The van der Waals surface area contributed by atoms with Gasteiger partial charge < -0.3 is 15.2 Å². The normalized spacial score (nSPS) is 23.9. The van der Waals surface area contributed by atoms with Gasteiger partial charge in [0, 0.05) is 25.6 Å². The molecule has 1 fully saturated rings. The number of rotatable bonds is 3. The molecule has 0 bridgehead atoms. The predicted molar refractivity (Wildman–Crippen MR) is 84.2 cm³/mol. The summed E-state index contributed by atoms with van der Waals surface area (Å²) >= 11 is 6.39. The van der Waals surface area contributed by atoms with Gasteiger partial charge in [-0.25, -0.2) is 0 Å². The highest BCUT2D eigenvalue weighted by molar-refractivity contribution is 6.32. The summed E-state index contributed by atoms with van der Waals surface area (Å²) in [7, 11) is 0. The summed E-state index contributed by atoms with van der Waals surface area (Å²) in [6, 6.07) is 4.23. The number of fused-ring (bicyclic) bond motifs is 1. The number of likely N-dealkylation sites (tertiary alicyclic amines) is 1. The van der Waals surface area contributed by atoms with Crippen LogP contribution in [0.1, 0.15) is 31.4 Å². The Hall–Kier alpha value is -0.970. The molecular weight excluding hydrogens is 288 g/mol. The van der Waals surface area contributed by atoms with E-state index in [4.69, 9.17) is 26.8 Å². The topological polar surface area (TPSA) is 47.7 Å². The second-order valence-corrected chi connectivity index (χ2v) is 6.43. The summed E-state index contributed by atoms with van der Waals surface area (Å²) in [6.07, 6.45) is 2.11. The molecule has 1 aromatic carbocycles. The molecule has 0 saturated carbocycles. The van der Waals surface area contributed by atoms with Gasteiger partial charge in [0.15, 0.2) is 11.5 Å². The lowest BCUT2D eigenvalue weighted by atomic mass is 10.0. The summed E-state index contributed by atoms with van der Waals surface area (Å²) < 4.78 is 11.5. The molecular formula is C16H23ClN2O2. The minimum Gasteiger partial charge on any atom is -0.489 e. The molecule has 1 aromatic rings. The first kappa shape index (κ1) is 14.9. The van der Waals surface area contributed by atoms with Crippen molar-refractivity contribution in [1.29, 1.82) is 0 Å². The third-order valence-corrected chi connectivity index (χ3v) is 4.61. The van der Waals surface area contributed by atoms with Crippen LogP contribution < -0.4 is 15.2 Å². The molecule has 116 valence electrons. The molecule has 0 aromatic heterocycles. The second-order valence-electron chi connectivity index (χ2n) is 6.02. The van der Waals surface area contributed by atoms with Gasteiger partial charge in [0.1, 0.15) is 0 Å². The molecule has 3 rings (SSSR count). The summed E-state index contributed by atoms with van der Waals surface area (Å²) in [4.78, 5) is 2.44. The highest BCUT2D eigenvalue weighted by Crippen LogP contribution is 2.40. The average Bonchev–Trinajstić information content (AvgIpc) is 2.74. The molecule has 0 amide bonds. The molecule has 2 N–H and O–H groups in total. The van der Waals surface area contributed by atoms with Crippen molar-refractivity contribution in [3.05, 3.63) is 22.7 Å². The number of ether oxygens (including phenoxy) is 2. The van der Waals surface area contributed by atoms with Gasteiger partial charge in [-0.2, -0.15) is 0 Å². The summed E-state index contributed by atoms with van der Waals surface area (Å²) in [5, 5.41) is 0.620. The lowest BCUT2D eigenvalue weighted by Crippen LogP contribution is -2.32. The Kier molecular flexibility index (Phi) is 4.57. The third-order valence-electron chi connectivity index (χ3n) is 4.33. The second kappa shape index (κ2) is 6.42. The Bertz CT molecular complexity index is 509. The number of hydrogen-bond acceptors (Lipinski definition) is 4. The maximum atomic E-state index is 6.39. The van der Waals surface area contributed by atoms with E-state index in [1.165, 1.54) is 6.42 Å². The first-order valence-corrected chi connectivity index (χ1v) is 8.10. The maximum Gasteiger partial charge on any atom is 0.179 e. The van der Waals surface area contributed by atoms with Gasteiger partial charge >= 0.3 is 0 Å². The van der Waals surface area contributed by atoms with Crippen LogP contribution >= 0.6 is 11.6 Å². The van der Waals surface area contributed by atoms with Crippen LogP contribution in [0.2, 0.25) is 5.02 Å². The van der Waals surface area contributed by atoms with Gasteiger partial charge in [-0.15, -0.1) is 0 Å². The van der Waals surface area contributed by atoms with E-state index in [0.717, 1.165) is 36.7 Å². The number of hydrogen-bond donors (Lipinski definition) is 1. The zero-order valence-electron chi connectivity index (χ0n) is 12.5. The molecule has 2 aliphatic rings. The van der Waals surface area contributed by atoms with Gasteiger partial charge in [-0.3, -0.25) is 4.90 Å². The molecule has 4 nitrogen and oxygen atoms in total. The molecule has 5 heteroatoms. The maximum absolute atomic E-state index is 6.39. The van der Waals surface area contributed by atoms with E-state index in [1.54, 1.807) is 0 Å². The Balaban J connectivity index is 1.90. The highest BCUT2D eigenvalue weighted by Gasteiger charge is 2.28. The fourth-order valence-corrected chi connectivity index (χ4v) is 3.46. The van der Waals surface area contributed by atoms with E-state index in [0.29, 0.717) is 30.5 Å². The van der Waals surface area contributed by atoms with E-state index in [-0.39, 0.29) is 6.04 Å². The van der Waals surface area contributed by atoms with Gasteiger partial charge in [0.2, 0.25) is 0 Å². The molecule has 2 aliphatic heterocycles. The monoisotopic (exact) mass is 310 g/mol. The van der Waals surface area contributed by atoms with Gasteiger partial charge in [0.05, 0.1) is 18.2 Å². The van der Waals surface area contributed by atoms with E-state index in [2.05, 4.69) is 11.8 Å². The van der Waals surface area contributed by atoms with E-state index < -0.39 is 0 Å². The number of nitrogens with two attached hydrogens (primary N) is 1. The Morgan fingerprint density at radius 2 is 2.19 bits per heavy atom. The van der Waals surface area contributed by atoms with Crippen molar-refractivity contribution in [2.75, 3.05) is 32.8 Å². The molecule has 2 atom stereocenters. The van der Waals surface area contributed by atoms with Crippen LogP contribution in [-0.4, -0.2) is 37.7 Å². The van der Waals surface area contributed by atoms with Crippen LogP contribution in [0, 0.1) is 5.92 Å². The third kappa shape index (κ3) is 3.12. The number of benzene rings is 1. The van der Waals surface area contributed by atoms with Crippen LogP contribution in [0.4, 0.5) is 0 Å². The molecule has 2 heterocycles. The zero-order chi connectivity index (χ0) is 14.8. The van der Waals surface area contributed by atoms with Gasteiger partial charge in [0.25, 0.3) is 0 Å². The largest absolute Gasteiger partial charge is 0.489 e. The van der Waals surface area contributed by atoms with Crippen molar-refractivity contribution >= 4 is 11.6 Å². The highest BCUT2D eigenvalue weighted by atomic mass is 35.5. The van der Waals surface area contributed by atoms with Crippen molar-refractivity contribution in [2.24, 2.45) is 11.7 Å². The fraction of sp³-hybridized carbons (Fsp3) is 0.625. The van der Waals surface area contributed by atoms with E-state index in [9.17, 15) is 0 Å².